The first-order valence-electron chi connectivity index (χ1n) is 4.62. The highest BCUT2D eigenvalue weighted by atomic mass is 35.5. The van der Waals surface area contributed by atoms with E-state index in [9.17, 15) is 4.79 Å². The third-order valence-electron chi connectivity index (χ3n) is 2.01. The van der Waals surface area contributed by atoms with Gasteiger partial charge in [0.2, 0.25) is 0 Å². The lowest BCUT2D eigenvalue weighted by Crippen LogP contribution is -2.10. The van der Waals surface area contributed by atoms with Crippen molar-refractivity contribution in [3.63, 3.8) is 0 Å². The van der Waals surface area contributed by atoms with Gasteiger partial charge in [-0.2, -0.15) is 0 Å². The van der Waals surface area contributed by atoms with Crippen LogP contribution in [-0.2, 0) is 4.79 Å². The Balaban J connectivity index is 2.94. The molecule has 0 saturated heterocycles. The Kier molecular flexibility index (Phi) is 3.97. The predicted octanol–water partition coefficient (Wildman–Crippen LogP) is 2.66. The van der Waals surface area contributed by atoms with Crippen molar-refractivity contribution in [2.45, 2.75) is 13.8 Å². The average molecular weight is 228 g/mol. The monoisotopic (exact) mass is 227 g/mol. The van der Waals surface area contributed by atoms with Crippen LogP contribution in [0.1, 0.15) is 12.5 Å². The minimum Gasteiger partial charge on any atom is -0.495 e. The van der Waals surface area contributed by atoms with Crippen LogP contribution in [0.25, 0.3) is 0 Å². The summed E-state index contributed by atoms with van der Waals surface area (Å²) in [6.07, 6.45) is 0. The van der Waals surface area contributed by atoms with Gasteiger partial charge >= 0.3 is 0 Å². The summed E-state index contributed by atoms with van der Waals surface area (Å²) < 4.78 is 5.18. The Hall–Kier alpha value is -1.22. The van der Waals surface area contributed by atoms with Gasteiger partial charge in [0.25, 0.3) is 0 Å². The van der Waals surface area contributed by atoms with Crippen molar-refractivity contribution in [3.8, 4) is 5.75 Å². The first-order valence-corrected chi connectivity index (χ1v) is 5.00. The highest BCUT2D eigenvalue weighted by Gasteiger charge is 2.06. The number of methoxy groups -OCH3 is 1. The van der Waals surface area contributed by atoms with E-state index in [1.165, 1.54) is 6.92 Å². The van der Waals surface area contributed by atoms with Crippen LogP contribution in [0.15, 0.2) is 12.1 Å². The van der Waals surface area contributed by atoms with E-state index in [1.807, 2.05) is 13.0 Å². The van der Waals surface area contributed by atoms with Gasteiger partial charge in [0.05, 0.1) is 19.3 Å². The van der Waals surface area contributed by atoms with Crippen LogP contribution in [0.2, 0.25) is 5.02 Å². The molecule has 15 heavy (non-hydrogen) atoms. The summed E-state index contributed by atoms with van der Waals surface area (Å²) in [5.74, 6) is 0.756. The van der Waals surface area contributed by atoms with E-state index in [4.69, 9.17) is 16.3 Å². The molecule has 3 nitrogen and oxygen atoms in total. The number of ether oxygens (including phenoxy) is 1. The number of hydrogen-bond acceptors (Lipinski definition) is 3. The number of carbonyl (C=O) groups is 1. The maximum Gasteiger partial charge on any atom is 0.148 e. The second-order valence-electron chi connectivity index (χ2n) is 3.36. The van der Waals surface area contributed by atoms with E-state index in [1.54, 1.807) is 13.2 Å². The standard InChI is InChI=1S/C11H14ClNO2/c1-7-4-11(15-3)10(5-9(7)12)13-6-8(2)14/h4-5,13H,6H2,1-3H3. The molecular weight excluding hydrogens is 214 g/mol. The van der Waals surface area contributed by atoms with Gasteiger partial charge in [-0.1, -0.05) is 11.6 Å². The lowest BCUT2D eigenvalue weighted by atomic mass is 10.2. The van der Waals surface area contributed by atoms with Crippen LogP contribution in [0.3, 0.4) is 0 Å². The Morgan fingerprint density at radius 3 is 2.73 bits per heavy atom. The Labute approximate surface area is 94.4 Å². The lowest BCUT2D eigenvalue weighted by Gasteiger charge is -2.11. The molecule has 0 radical (unpaired) electrons. The number of aryl methyl sites for hydroxylation is 1. The van der Waals surface area contributed by atoms with Crippen LogP contribution in [0, 0.1) is 6.92 Å². The number of benzene rings is 1. The molecule has 0 amide bonds. The molecule has 0 aliphatic heterocycles. The van der Waals surface area contributed by atoms with Gasteiger partial charge in [0.1, 0.15) is 11.5 Å². The van der Waals surface area contributed by atoms with Gasteiger partial charge in [-0.3, -0.25) is 4.79 Å². The summed E-state index contributed by atoms with van der Waals surface area (Å²) >= 11 is 5.98. The lowest BCUT2D eigenvalue weighted by molar-refractivity contribution is -0.115. The van der Waals surface area contributed by atoms with Gasteiger partial charge in [0, 0.05) is 5.02 Å². The molecule has 0 saturated carbocycles. The van der Waals surface area contributed by atoms with E-state index in [0.29, 0.717) is 10.8 Å². The maximum absolute atomic E-state index is 10.8. The molecule has 1 aromatic carbocycles. The zero-order valence-corrected chi connectivity index (χ0v) is 9.81. The molecule has 0 spiro atoms. The molecule has 0 unspecified atom stereocenters. The highest BCUT2D eigenvalue weighted by molar-refractivity contribution is 6.31. The van der Waals surface area contributed by atoms with Gasteiger partial charge in [-0.25, -0.2) is 0 Å². The topological polar surface area (TPSA) is 38.3 Å². The predicted molar refractivity (Wildman–Crippen MR) is 61.9 cm³/mol. The van der Waals surface area contributed by atoms with Crippen molar-refractivity contribution in [2.75, 3.05) is 19.0 Å². The summed E-state index contributed by atoms with van der Waals surface area (Å²) in [6, 6.07) is 3.60. The number of nitrogens with one attached hydrogen (secondary N) is 1. The second-order valence-corrected chi connectivity index (χ2v) is 3.76. The number of anilines is 1. The Bertz CT molecular complexity index is 377. The highest BCUT2D eigenvalue weighted by Crippen LogP contribution is 2.30. The zero-order valence-electron chi connectivity index (χ0n) is 9.06. The minimum atomic E-state index is 0.0637. The van der Waals surface area contributed by atoms with Crippen molar-refractivity contribution >= 4 is 23.1 Å². The molecule has 1 aromatic rings. The molecule has 0 aliphatic carbocycles. The van der Waals surface area contributed by atoms with Crippen molar-refractivity contribution in [3.05, 3.63) is 22.7 Å². The maximum atomic E-state index is 10.8. The molecule has 82 valence electrons. The summed E-state index contributed by atoms with van der Waals surface area (Å²) in [7, 11) is 1.58. The molecule has 0 bridgehead atoms. The quantitative estimate of drug-likeness (QED) is 0.860. The number of rotatable bonds is 4. The number of carbonyl (C=O) groups excluding carboxylic acids is 1. The van der Waals surface area contributed by atoms with Gasteiger partial charge in [-0.15, -0.1) is 0 Å². The van der Waals surface area contributed by atoms with E-state index in [-0.39, 0.29) is 12.3 Å². The summed E-state index contributed by atoms with van der Waals surface area (Å²) in [4.78, 5) is 10.8. The van der Waals surface area contributed by atoms with Crippen LogP contribution in [0.4, 0.5) is 5.69 Å². The largest absolute Gasteiger partial charge is 0.495 e. The summed E-state index contributed by atoms with van der Waals surface area (Å²) in [5, 5.41) is 3.63. The zero-order chi connectivity index (χ0) is 11.4. The van der Waals surface area contributed by atoms with Crippen LogP contribution < -0.4 is 10.1 Å². The van der Waals surface area contributed by atoms with Gasteiger partial charge in [-0.05, 0) is 31.5 Å². The first-order chi connectivity index (χ1) is 7.04. The molecule has 1 N–H and O–H groups in total. The average Bonchev–Trinajstić information content (AvgIpc) is 2.19. The molecule has 0 aromatic heterocycles. The molecule has 0 fully saturated rings. The second kappa shape index (κ2) is 5.03. The van der Waals surface area contributed by atoms with E-state index in [2.05, 4.69) is 5.32 Å². The Morgan fingerprint density at radius 1 is 1.53 bits per heavy atom. The van der Waals surface area contributed by atoms with Crippen molar-refractivity contribution in [1.29, 1.82) is 0 Å². The number of halogens is 1. The summed E-state index contributed by atoms with van der Waals surface area (Å²) in [6.45, 7) is 3.70. The summed E-state index contributed by atoms with van der Waals surface area (Å²) in [5.41, 5.74) is 1.69. The SMILES string of the molecule is COc1cc(C)c(Cl)cc1NCC(C)=O. The van der Waals surface area contributed by atoms with Crippen molar-refractivity contribution in [2.24, 2.45) is 0 Å². The van der Waals surface area contributed by atoms with E-state index in [0.717, 1.165) is 11.3 Å². The smallest absolute Gasteiger partial charge is 0.148 e. The fourth-order valence-electron chi connectivity index (χ4n) is 1.18. The molecule has 0 heterocycles. The molecule has 1 rings (SSSR count). The molecule has 4 heteroatoms. The number of Topliss-reactive ketones (excluding diaryl/α,β-unsaturated/α-hetero) is 1. The normalized spacial score (nSPS) is 9.87. The van der Waals surface area contributed by atoms with Crippen LogP contribution in [-0.4, -0.2) is 19.4 Å². The minimum absolute atomic E-state index is 0.0637. The number of hydrogen-bond donors (Lipinski definition) is 1. The van der Waals surface area contributed by atoms with Crippen LogP contribution >= 0.6 is 11.6 Å². The third kappa shape index (κ3) is 3.13. The van der Waals surface area contributed by atoms with E-state index >= 15 is 0 Å². The van der Waals surface area contributed by atoms with E-state index < -0.39 is 0 Å². The third-order valence-corrected chi connectivity index (χ3v) is 2.42. The fraction of sp³-hybridized carbons (Fsp3) is 0.364. The molecule has 0 aliphatic rings. The Morgan fingerprint density at radius 2 is 2.20 bits per heavy atom. The van der Waals surface area contributed by atoms with Crippen molar-refractivity contribution in [1.82, 2.24) is 0 Å². The molecular formula is C11H14ClNO2. The number of ketones is 1. The van der Waals surface area contributed by atoms with Crippen LogP contribution in [0.5, 0.6) is 5.75 Å². The molecule has 0 atom stereocenters. The van der Waals surface area contributed by atoms with Crippen molar-refractivity contribution < 1.29 is 9.53 Å². The fourth-order valence-corrected chi connectivity index (χ4v) is 1.35. The first kappa shape index (κ1) is 11.9. The van der Waals surface area contributed by atoms with Gasteiger partial charge in [0.15, 0.2) is 0 Å². The van der Waals surface area contributed by atoms with Gasteiger partial charge < -0.3 is 10.1 Å².